The van der Waals surface area contributed by atoms with E-state index < -0.39 is 0 Å². The number of aromatic nitrogens is 2. The summed E-state index contributed by atoms with van der Waals surface area (Å²) in [5.74, 6) is 1.37. The van der Waals surface area contributed by atoms with Crippen molar-refractivity contribution in [1.29, 1.82) is 0 Å². The Balaban J connectivity index is 2.12. The summed E-state index contributed by atoms with van der Waals surface area (Å²) in [6, 6.07) is 2.02. The molecule has 19 heavy (non-hydrogen) atoms. The lowest BCUT2D eigenvalue weighted by Gasteiger charge is -2.26. The molecule has 6 nitrogen and oxygen atoms in total. The van der Waals surface area contributed by atoms with Crippen molar-refractivity contribution in [3.8, 4) is 0 Å². The molecule has 1 aliphatic rings. The molecule has 0 saturated carbocycles. The maximum Gasteiger partial charge on any atom is 0.252 e. The van der Waals surface area contributed by atoms with Gasteiger partial charge in [0, 0.05) is 32.3 Å². The van der Waals surface area contributed by atoms with E-state index in [1.165, 1.54) is 12.8 Å². The molecule has 1 saturated heterocycles. The molecule has 1 aromatic rings. The van der Waals surface area contributed by atoms with Gasteiger partial charge in [-0.1, -0.05) is 0 Å². The van der Waals surface area contributed by atoms with Crippen molar-refractivity contribution < 1.29 is 4.74 Å². The van der Waals surface area contributed by atoms with Gasteiger partial charge in [-0.25, -0.2) is 4.98 Å². The van der Waals surface area contributed by atoms with E-state index in [9.17, 15) is 4.79 Å². The van der Waals surface area contributed by atoms with Crippen molar-refractivity contribution in [2.45, 2.75) is 25.8 Å². The van der Waals surface area contributed by atoms with Crippen molar-refractivity contribution in [2.24, 2.45) is 0 Å². The average Bonchev–Trinajstić information content (AvgIpc) is 2.86. The third kappa shape index (κ3) is 4.04. The first-order chi connectivity index (χ1) is 9.19. The van der Waals surface area contributed by atoms with Crippen LogP contribution in [0.25, 0.3) is 0 Å². The summed E-state index contributed by atoms with van der Waals surface area (Å²) < 4.78 is 5.14. The minimum atomic E-state index is -0.107. The fourth-order valence-corrected chi connectivity index (χ4v) is 2.41. The minimum Gasteiger partial charge on any atom is -0.383 e. The van der Waals surface area contributed by atoms with E-state index in [4.69, 9.17) is 4.74 Å². The maximum atomic E-state index is 11.6. The van der Waals surface area contributed by atoms with E-state index in [0.717, 1.165) is 25.5 Å². The number of methoxy groups -OCH3 is 1. The van der Waals surface area contributed by atoms with Crippen LogP contribution in [0, 0.1) is 6.92 Å². The molecule has 0 aromatic carbocycles. The van der Waals surface area contributed by atoms with Gasteiger partial charge in [0.1, 0.15) is 11.6 Å². The highest BCUT2D eigenvalue weighted by Crippen LogP contribution is 2.12. The van der Waals surface area contributed by atoms with Gasteiger partial charge in [-0.3, -0.25) is 4.79 Å². The number of ether oxygens (including phenoxy) is 1. The lowest BCUT2D eigenvalue weighted by Crippen LogP contribution is -2.40. The molecule has 1 atom stereocenters. The van der Waals surface area contributed by atoms with Crippen LogP contribution in [0.3, 0.4) is 0 Å². The summed E-state index contributed by atoms with van der Waals surface area (Å²) >= 11 is 0. The highest BCUT2D eigenvalue weighted by molar-refractivity contribution is 5.37. The molecule has 0 amide bonds. The van der Waals surface area contributed by atoms with E-state index in [1.54, 1.807) is 20.1 Å². The minimum absolute atomic E-state index is 0.107. The number of hydrogen-bond acceptors (Lipinski definition) is 5. The molecular formula is C13H22N4O2. The van der Waals surface area contributed by atoms with Crippen LogP contribution >= 0.6 is 0 Å². The largest absolute Gasteiger partial charge is 0.383 e. The van der Waals surface area contributed by atoms with Gasteiger partial charge in [0.25, 0.3) is 5.56 Å². The summed E-state index contributed by atoms with van der Waals surface area (Å²) in [7, 11) is 1.68. The van der Waals surface area contributed by atoms with Crippen LogP contribution in [-0.2, 0) is 4.74 Å². The number of hydrogen-bond donors (Lipinski definition) is 2. The fraction of sp³-hybridized carbons (Fsp3) is 0.692. The van der Waals surface area contributed by atoms with Gasteiger partial charge in [0.05, 0.1) is 6.61 Å². The Morgan fingerprint density at radius 1 is 1.58 bits per heavy atom. The second-order valence-electron chi connectivity index (χ2n) is 4.92. The zero-order valence-corrected chi connectivity index (χ0v) is 11.6. The van der Waals surface area contributed by atoms with E-state index in [0.29, 0.717) is 18.5 Å². The van der Waals surface area contributed by atoms with Crippen LogP contribution in [0.4, 0.5) is 5.82 Å². The summed E-state index contributed by atoms with van der Waals surface area (Å²) in [5.41, 5.74) is -0.107. The Morgan fingerprint density at radius 2 is 2.42 bits per heavy atom. The van der Waals surface area contributed by atoms with Crippen molar-refractivity contribution >= 4 is 5.82 Å². The second-order valence-corrected chi connectivity index (χ2v) is 4.92. The maximum absolute atomic E-state index is 11.6. The Morgan fingerprint density at radius 3 is 3.05 bits per heavy atom. The normalized spacial score (nSPS) is 18.7. The monoisotopic (exact) mass is 266 g/mol. The number of rotatable bonds is 6. The quantitative estimate of drug-likeness (QED) is 0.774. The SMILES string of the molecule is COCCN(CC1CCCN1)c1cc(=O)[nH]c(C)n1. The van der Waals surface area contributed by atoms with Gasteiger partial charge in [-0.2, -0.15) is 0 Å². The highest BCUT2D eigenvalue weighted by atomic mass is 16.5. The highest BCUT2D eigenvalue weighted by Gasteiger charge is 2.19. The molecule has 0 spiro atoms. The van der Waals surface area contributed by atoms with E-state index in [2.05, 4.69) is 20.2 Å². The standard InChI is InChI=1S/C13H22N4O2/c1-10-15-12(8-13(18)16-10)17(6-7-19-2)9-11-4-3-5-14-11/h8,11,14H,3-7,9H2,1-2H3,(H,15,16,18). The van der Waals surface area contributed by atoms with Gasteiger partial charge in [0.15, 0.2) is 0 Å². The topological polar surface area (TPSA) is 70.2 Å². The molecule has 0 aliphatic carbocycles. The van der Waals surface area contributed by atoms with Crippen LogP contribution in [0.1, 0.15) is 18.7 Å². The molecule has 0 bridgehead atoms. The Bertz CT molecular complexity index is 454. The van der Waals surface area contributed by atoms with Crippen molar-refractivity contribution in [1.82, 2.24) is 15.3 Å². The predicted molar refractivity (Wildman–Crippen MR) is 74.7 cm³/mol. The molecule has 0 radical (unpaired) electrons. The number of anilines is 1. The number of nitrogens with zero attached hydrogens (tertiary/aromatic N) is 2. The zero-order valence-electron chi connectivity index (χ0n) is 11.6. The van der Waals surface area contributed by atoms with Crippen LogP contribution < -0.4 is 15.8 Å². The van der Waals surface area contributed by atoms with E-state index in [1.807, 2.05) is 0 Å². The lowest BCUT2D eigenvalue weighted by molar-refractivity contribution is 0.204. The Labute approximate surface area is 113 Å². The number of H-pyrrole nitrogens is 1. The molecule has 106 valence electrons. The first-order valence-electron chi connectivity index (χ1n) is 6.74. The van der Waals surface area contributed by atoms with Gasteiger partial charge in [-0.05, 0) is 26.3 Å². The number of aryl methyl sites for hydroxylation is 1. The predicted octanol–water partition coefficient (Wildman–Crippen LogP) is 0.283. The fourth-order valence-electron chi connectivity index (χ4n) is 2.41. The molecular weight excluding hydrogens is 244 g/mol. The summed E-state index contributed by atoms with van der Waals surface area (Å²) in [4.78, 5) is 20.8. The first-order valence-corrected chi connectivity index (χ1v) is 6.74. The zero-order chi connectivity index (χ0) is 13.7. The van der Waals surface area contributed by atoms with Crippen molar-refractivity contribution in [2.75, 3.05) is 38.3 Å². The molecule has 2 rings (SSSR count). The van der Waals surface area contributed by atoms with Gasteiger partial charge in [-0.15, -0.1) is 0 Å². The summed E-state index contributed by atoms with van der Waals surface area (Å²) in [6.45, 7) is 5.10. The number of nitrogens with one attached hydrogen (secondary N) is 2. The van der Waals surface area contributed by atoms with Gasteiger partial charge in [0.2, 0.25) is 0 Å². The van der Waals surface area contributed by atoms with Crippen LogP contribution in [0.15, 0.2) is 10.9 Å². The molecule has 2 heterocycles. The summed E-state index contributed by atoms with van der Waals surface area (Å²) in [5, 5.41) is 3.47. The van der Waals surface area contributed by atoms with Crippen LogP contribution in [0.5, 0.6) is 0 Å². The smallest absolute Gasteiger partial charge is 0.252 e. The third-order valence-corrected chi connectivity index (χ3v) is 3.34. The second kappa shape index (κ2) is 6.68. The molecule has 2 N–H and O–H groups in total. The molecule has 1 aromatic heterocycles. The molecule has 6 heteroatoms. The number of aromatic amines is 1. The lowest BCUT2D eigenvalue weighted by atomic mass is 10.2. The van der Waals surface area contributed by atoms with Crippen molar-refractivity contribution in [3.05, 3.63) is 22.2 Å². The van der Waals surface area contributed by atoms with Gasteiger partial charge >= 0.3 is 0 Å². The molecule has 1 unspecified atom stereocenters. The Kier molecular flexibility index (Phi) is 4.93. The van der Waals surface area contributed by atoms with Crippen LogP contribution in [-0.4, -0.2) is 49.4 Å². The molecule has 1 aliphatic heterocycles. The summed E-state index contributed by atoms with van der Waals surface area (Å²) in [6.07, 6.45) is 2.39. The average molecular weight is 266 g/mol. The third-order valence-electron chi connectivity index (χ3n) is 3.34. The van der Waals surface area contributed by atoms with Crippen molar-refractivity contribution in [3.63, 3.8) is 0 Å². The Hall–Kier alpha value is -1.40. The van der Waals surface area contributed by atoms with E-state index in [-0.39, 0.29) is 5.56 Å². The first kappa shape index (κ1) is 14.0. The van der Waals surface area contributed by atoms with E-state index >= 15 is 0 Å². The molecule has 1 fully saturated rings. The van der Waals surface area contributed by atoms with Crippen LogP contribution in [0.2, 0.25) is 0 Å². The van der Waals surface area contributed by atoms with Gasteiger partial charge < -0.3 is 19.9 Å².